The second kappa shape index (κ2) is 6.98. The van der Waals surface area contributed by atoms with Crippen LogP contribution in [0.1, 0.15) is 18.9 Å². The Hall–Kier alpha value is -1.46. The van der Waals surface area contributed by atoms with Crippen molar-refractivity contribution in [2.24, 2.45) is 0 Å². The maximum absolute atomic E-state index is 10.8. The molecule has 1 aromatic rings. The predicted molar refractivity (Wildman–Crippen MR) is 66.0 cm³/mol. The zero-order valence-electron chi connectivity index (χ0n) is 9.93. The molecule has 2 N–H and O–H groups in total. The van der Waals surface area contributed by atoms with E-state index in [1.807, 2.05) is 0 Å². The minimum Gasteiger partial charge on any atom is -0.393 e. The van der Waals surface area contributed by atoms with Gasteiger partial charge in [-0.15, -0.1) is 0 Å². The standard InChI is InChI=1S/C12H18N2O3/c1-10(15)6-8-13-9-7-11-4-2-3-5-12(11)14(16)17/h2-5,10,13,15H,6-9H2,1H3. The van der Waals surface area contributed by atoms with Gasteiger partial charge in [-0.05, 0) is 32.9 Å². The molecule has 0 radical (unpaired) electrons. The molecule has 0 aliphatic rings. The molecule has 1 atom stereocenters. The van der Waals surface area contributed by atoms with Gasteiger partial charge in [-0.2, -0.15) is 0 Å². The number of aliphatic hydroxyl groups excluding tert-OH is 1. The van der Waals surface area contributed by atoms with Crippen LogP contribution in [0.25, 0.3) is 0 Å². The summed E-state index contributed by atoms with van der Waals surface area (Å²) >= 11 is 0. The van der Waals surface area contributed by atoms with Gasteiger partial charge in [0.25, 0.3) is 5.69 Å². The average Bonchev–Trinajstić information content (AvgIpc) is 2.28. The molecule has 0 aliphatic carbocycles. The third-order valence-electron chi connectivity index (χ3n) is 2.50. The van der Waals surface area contributed by atoms with Gasteiger partial charge < -0.3 is 10.4 Å². The summed E-state index contributed by atoms with van der Waals surface area (Å²) in [5.74, 6) is 0. The van der Waals surface area contributed by atoms with Crippen LogP contribution in [0, 0.1) is 10.1 Å². The van der Waals surface area contributed by atoms with Crippen molar-refractivity contribution in [3.8, 4) is 0 Å². The highest BCUT2D eigenvalue weighted by Gasteiger charge is 2.11. The van der Waals surface area contributed by atoms with Crippen molar-refractivity contribution in [2.75, 3.05) is 13.1 Å². The highest BCUT2D eigenvalue weighted by molar-refractivity contribution is 5.39. The third-order valence-corrected chi connectivity index (χ3v) is 2.50. The van der Waals surface area contributed by atoms with E-state index in [2.05, 4.69) is 5.32 Å². The fourth-order valence-corrected chi connectivity index (χ4v) is 1.56. The van der Waals surface area contributed by atoms with Crippen LogP contribution in [-0.4, -0.2) is 29.2 Å². The van der Waals surface area contributed by atoms with Crippen molar-refractivity contribution in [1.29, 1.82) is 0 Å². The van der Waals surface area contributed by atoms with Gasteiger partial charge in [-0.25, -0.2) is 0 Å². The lowest BCUT2D eigenvalue weighted by Crippen LogP contribution is -2.21. The lowest BCUT2D eigenvalue weighted by Gasteiger charge is -2.06. The lowest BCUT2D eigenvalue weighted by molar-refractivity contribution is -0.385. The van der Waals surface area contributed by atoms with E-state index in [-0.39, 0.29) is 16.7 Å². The molecule has 0 saturated heterocycles. The molecule has 0 heterocycles. The van der Waals surface area contributed by atoms with E-state index >= 15 is 0 Å². The average molecular weight is 238 g/mol. The Morgan fingerprint density at radius 2 is 2.12 bits per heavy atom. The number of nitrogens with one attached hydrogen (secondary N) is 1. The number of hydrogen-bond donors (Lipinski definition) is 2. The first-order chi connectivity index (χ1) is 8.11. The highest BCUT2D eigenvalue weighted by atomic mass is 16.6. The Kier molecular flexibility index (Phi) is 5.59. The monoisotopic (exact) mass is 238 g/mol. The van der Waals surface area contributed by atoms with Crippen LogP contribution < -0.4 is 5.32 Å². The van der Waals surface area contributed by atoms with E-state index in [0.717, 1.165) is 12.1 Å². The fraction of sp³-hybridized carbons (Fsp3) is 0.500. The van der Waals surface area contributed by atoms with Gasteiger partial charge in [0.2, 0.25) is 0 Å². The van der Waals surface area contributed by atoms with Crippen LogP contribution in [0.4, 0.5) is 5.69 Å². The minimum absolute atomic E-state index is 0.171. The minimum atomic E-state index is -0.356. The van der Waals surface area contributed by atoms with Gasteiger partial charge in [0, 0.05) is 11.6 Å². The van der Waals surface area contributed by atoms with E-state index in [9.17, 15) is 10.1 Å². The summed E-state index contributed by atoms with van der Waals surface area (Å²) in [5.41, 5.74) is 0.909. The van der Waals surface area contributed by atoms with Crippen LogP contribution in [0.2, 0.25) is 0 Å². The van der Waals surface area contributed by atoms with Crippen molar-refractivity contribution >= 4 is 5.69 Å². The molecule has 0 saturated carbocycles. The summed E-state index contributed by atoms with van der Waals surface area (Å²) in [6.07, 6.45) is 1.00. The molecular formula is C12H18N2O3. The summed E-state index contributed by atoms with van der Waals surface area (Å²) < 4.78 is 0. The van der Waals surface area contributed by atoms with Gasteiger partial charge >= 0.3 is 0 Å². The number of benzene rings is 1. The zero-order chi connectivity index (χ0) is 12.7. The normalized spacial score (nSPS) is 12.4. The van der Waals surface area contributed by atoms with Gasteiger partial charge in [-0.1, -0.05) is 18.2 Å². The van der Waals surface area contributed by atoms with E-state index in [1.54, 1.807) is 25.1 Å². The Morgan fingerprint density at radius 3 is 2.76 bits per heavy atom. The quantitative estimate of drug-likeness (QED) is 0.429. The van der Waals surface area contributed by atoms with Gasteiger partial charge in [-0.3, -0.25) is 10.1 Å². The smallest absolute Gasteiger partial charge is 0.272 e. The SMILES string of the molecule is CC(O)CCNCCc1ccccc1[N+](=O)[O-]. The van der Waals surface area contributed by atoms with E-state index in [0.29, 0.717) is 19.4 Å². The summed E-state index contributed by atoms with van der Waals surface area (Å²) in [7, 11) is 0. The van der Waals surface area contributed by atoms with Crippen molar-refractivity contribution in [1.82, 2.24) is 5.32 Å². The predicted octanol–water partition coefficient (Wildman–Crippen LogP) is 1.50. The first kappa shape index (κ1) is 13.6. The molecule has 0 bridgehead atoms. The number of nitro benzene ring substituents is 1. The topological polar surface area (TPSA) is 75.4 Å². The second-order valence-electron chi connectivity index (χ2n) is 4.02. The number of para-hydroxylation sites is 1. The molecular weight excluding hydrogens is 220 g/mol. The van der Waals surface area contributed by atoms with Crippen molar-refractivity contribution in [3.05, 3.63) is 39.9 Å². The first-order valence-corrected chi connectivity index (χ1v) is 5.72. The molecule has 5 nitrogen and oxygen atoms in total. The summed E-state index contributed by atoms with van der Waals surface area (Å²) in [4.78, 5) is 10.4. The maximum Gasteiger partial charge on any atom is 0.272 e. The Morgan fingerprint density at radius 1 is 1.41 bits per heavy atom. The molecule has 0 amide bonds. The number of aliphatic hydroxyl groups is 1. The van der Waals surface area contributed by atoms with Crippen LogP contribution in [0.5, 0.6) is 0 Å². The molecule has 1 unspecified atom stereocenters. The van der Waals surface area contributed by atoms with Crippen molar-refractivity contribution in [3.63, 3.8) is 0 Å². The van der Waals surface area contributed by atoms with Gasteiger partial charge in [0.05, 0.1) is 11.0 Å². The summed E-state index contributed by atoms with van der Waals surface area (Å²) in [6.45, 7) is 3.14. The Balaban J connectivity index is 2.39. The molecule has 0 aliphatic heterocycles. The maximum atomic E-state index is 10.8. The third kappa shape index (κ3) is 4.93. The number of nitro groups is 1. The Labute approximate surface area is 101 Å². The molecule has 94 valence electrons. The number of nitrogens with zero attached hydrogens (tertiary/aromatic N) is 1. The number of rotatable bonds is 7. The van der Waals surface area contributed by atoms with Crippen molar-refractivity contribution < 1.29 is 10.0 Å². The molecule has 0 spiro atoms. The molecule has 0 aromatic heterocycles. The van der Waals surface area contributed by atoms with Crippen LogP contribution >= 0.6 is 0 Å². The van der Waals surface area contributed by atoms with Crippen LogP contribution in [0.15, 0.2) is 24.3 Å². The Bertz CT molecular complexity index is 367. The van der Waals surface area contributed by atoms with E-state index < -0.39 is 0 Å². The molecule has 0 fully saturated rings. The van der Waals surface area contributed by atoms with Crippen LogP contribution in [-0.2, 0) is 6.42 Å². The number of hydrogen-bond acceptors (Lipinski definition) is 4. The van der Waals surface area contributed by atoms with E-state index in [4.69, 9.17) is 5.11 Å². The highest BCUT2D eigenvalue weighted by Crippen LogP contribution is 2.17. The lowest BCUT2D eigenvalue weighted by atomic mass is 10.1. The molecule has 1 aromatic carbocycles. The second-order valence-corrected chi connectivity index (χ2v) is 4.02. The molecule has 5 heteroatoms. The molecule has 17 heavy (non-hydrogen) atoms. The molecule has 1 rings (SSSR count). The first-order valence-electron chi connectivity index (χ1n) is 5.72. The van der Waals surface area contributed by atoms with Gasteiger partial charge in [0.1, 0.15) is 0 Å². The summed E-state index contributed by atoms with van der Waals surface area (Å²) in [6, 6.07) is 6.76. The van der Waals surface area contributed by atoms with Gasteiger partial charge in [0.15, 0.2) is 0 Å². The largest absolute Gasteiger partial charge is 0.393 e. The fourth-order valence-electron chi connectivity index (χ4n) is 1.56. The van der Waals surface area contributed by atoms with Crippen molar-refractivity contribution in [2.45, 2.75) is 25.9 Å². The summed E-state index contributed by atoms with van der Waals surface area (Å²) in [5, 5.41) is 23.0. The van der Waals surface area contributed by atoms with E-state index in [1.165, 1.54) is 6.07 Å². The van der Waals surface area contributed by atoms with Crippen LogP contribution in [0.3, 0.4) is 0 Å². The zero-order valence-corrected chi connectivity index (χ0v) is 9.93.